The molecule has 3 unspecified atom stereocenters. The van der Waals surface area contributed by atoms with Crippen molar-refractivity contribution in [1.82, 2.24) is 4.90 Å². The second-order valence-corrected chi connectivity index (χ2v) is 4.54. The van der Waals surface area contributed by atoms with E-state index in [9.17, 15) is 14.3 Å². The van der Waals surface area contributed by atoms with Crippen LogP contribution in [0, 0.1) is 5.92 Å². The zero-order chi connectivity index (χ0) is 13.8. The number of aliphatic carboxylic acids is 1. The van der Waals surface area contributed by atoms with E-state index >= 15 is 0 Å². The Kier molecular flexibility index (Phi) is 4.47. The third-order valence-electron chi connectivity index (χ3n) is 3.15. The molecule has 19 heavy (non-hydrogen) atoms. The smallest absolute Gasteiger partial charge is 0.310 e. The van der Waals surface area contributed by atoms with Crippen LogP contribution in [-0.4, -0.2) is 46.8 Å². The molecule has 0 saturated carbocycles. The molecule has 104 valence electrons. The first-order chi connectivity index (χ1) is 9.08. The monoisotopic (exact) mass is 269 g/mol. The SMILES string of the molecule is O=C(O)C1CN(C(O)OCc2ccccc2)CC1F. The molecule has 0 amide bonds. The van der Waals surface area contributed by atoms with Crippen molar-refractivity contribution < 1.29 is 24.1 Å². The van der Waals surface area contributed by atoms with Crippen LogP contribution in [0.3, 0.4) is 0 Å². The normalized spacial score (nSPS) is 25.4. The molecular weight excluding hydrogens is 253 g/mol. The fourth-order valence-electron chi connectivity index (χ4n) is 2.06. The summed E-state index contributed by atoms with van der Waals surface area (Å²) in [7, 11) is 0. The fourth-order valence-corrected chi connectivity index (χ4v) is 2.06. The van der Waals surface area contributed by atoms with Crippen molar-refractivity contribution in [3.05, 3.63) is 35.9 Å². The highest BCUT2D eigenvalue weighted by Crippen LogP contribution is 2.22. The molecule has 0 bridgehead atoms. The van der Waals surface area contributed by atoms with E-state index in [-0.39, 0.29) is 19.7 Å². The van der Waals surface area contributed by atoms with Crippen molar-refractivity contribution in [3.8, 4) is 0 Å². The molecule has 3 atom stereocenters. The van der Waals surface area contributed by atoms with Crippen LogP contribution in [0.15, 0.2) is 30.3 Å². The van der Waals surface area contributed by atoms with E-state index in [2.05, 4.69) is 0 Å². The number of ether oxygens (including phenoxy) is 1. The van der Waals surface area contributed by atoms with E-state index in [1.165, 1.54) is 4.90 Å². The molecule has 0 aromatic heterocycles. The number of aliphatic hydroxyl groups is 1. The number of rotatable bonds is 5. The average molecular weight is 269 g/mol. The highest BCUT2D eigenvalue weighted by Gasteiger charge is 2.40. The standard InChI is InChI=1S/C13H16FNO4/c14-11-7-15(6-10(11)12(16)17)13(18)19-8-9-4-2-1-3-5-9/h1-5,10-11,13,18H,6-8H2,(H,16,17). The predicted octanol–water partition coefficient (Wildman–Crippen LogP) is 0.834. The van der Waals surface area contributed by atoms with Gasteiger partial charge in [-0.1, -0.05) is 30.3 Å². The summed E-state index contributed by atoms with van der Waals surface area (Å²) in [6, 6.07) is 9.24. The highest BCUT2D eigenvalue weighted by atomic mass is 19.1. The van der Waals surface area contributed by atoms with Gasteiger partial charge in [-0.3, -0.25) is 9.69 Å². The summed E-state index contributed by atoms with van der Waals surface area (Å²) >= 11 is 0. The van der Waals surface area contributed by atoms with E-state index < -0.39 is 24.5 Å². The molecule has 0 spiro atoms. The zero-order valence-corrected chi connectivity index (χ0v) is 10.3. The van der Waals surface area contributed by atoms with Crippen LogP contribution in [0.25, 0.3) is 0 Å². The van der Waals surface area contributed by atoms with E-state index in [0.29, 0.717) is 0 Å². The van der Waals surface area contributed by atoms with E-state index in [1.54, 1.807) is 0 Å². The largest absolute Gasteiger partial charge is 0.481 e. The van der Waals surface area contributed by atoms with Crippen molar-refractivity contribution in [2.24, 2.45) is 5.92 Å². The summed E-state index contributed by atoms with van der Waals surface area (Å²) in [4.78, 5) is 12.1. The Morgan fingerprint density at radius 1 is 1.42 bits per heavy atom. The van der Waals surface area contributed by atoms with Crippen molar-refractivity contribution in [2.75, 3.05) is 13.1 Å². The maximum absolute atomic E-state index is 13.4. The van der Waals surface area contributed by atoms with Crippen molar-refractivity contribution in [2.45, 2.75) is 19.2 Å². The lowest BCUT2D eigenvalue weighted by Gasteiger charge is -2.22. The molecule has 0 radical (unpaired) electrons. The van der Waals surface area contributed by atoms with Crippen LogP contribution in [0.2, 0.25) is 0 Å². The first-order valence-electron chi connectivity index (χ1n) is 6.02. The molecular formula is C13H16FNO4. The summed E-state index contributed by atoms with van der Waals surface area (Å²) in [5.74, 6) is -2.29. The number of carbonyl (C=O) groups is 1. The number of benzene rings is 1. The number of hydrogen-bond donors (Lipinski definition) is 2. The number of halogens is 1. The molecule has 5 nitrogen and oxygen atoms in total. The van der Waals surface area contributed by atoms with Gasteiger partial charge in [-0.25, -0.2) is 4.39 Å². The summed E-state index contributed by atoms with van der Waals surface area (Å²) < 4.78 is 18.6. The van der Waals surface area contributed by atoms with E-state index in [1.807, 2.05) is 30.3 Å². The number of hydrogen-bond acceptors (Lipinski definition) is 4. The molecule has 6 heteroatoms. The maximum Gasteiger partial charge on any atom is 0.310 e. The molecule has 0 aliphatic carbocycles. The fraction of sp³-hybridized carbons (Fsp3) is 0.462. The van der Waals surface area contributed by atoms with Gasteiger partial charge in [0.25, 0.3) is 0 Å². The molecule has 1 aliphatic rings. The molecule has 2 N–H and O–H groups in total. The van der Waals surface area contributed by atoms with Crippen LogP contribution < -0.4 is 0 Å². The Morgan fingerprint density at radius 2 is 2.11 bits per heavy atom. The van der Waals surface area contributed by atoms with Crippen molar-refractivity contribution in [3.63, 3.8) is 0 Å². The van der Waals surface area contributed by atoms with Gasteiger partial charge in [0.1, 0.15) is 12.1 Å². The van der Waals surface area contributed by atoms with Gasteiger partial charge < -0.3 is 14.9 Å². The predicted molar refractivity (Wildman–Crippen MR) is 64.8 cm³/mol. The minimum atomic E-state index is -1.48. The third-order valence-corrected chi connectivity index (χ3v) is 3.15. The average Bonchev–Trinajstić information content (AvgIpc) is 2.79. The van der Waals surface area contributed by atoms with Gasteiger partial charge in [0.2, 0.25) is 6.41 Å². The lowest BCUT2D eigenvalue weighted by molar-refractivity contribution is -0.195. The summed E-state index contributed by atoms with van der Waals surface area (Å²) in [5.41, 5.74) is 0.882. The van der Waals surface area contributed by atoms with E-state index in [0.717, 1.165) is 5.56 Å². The van der Waals surface area contributed by atoms with Gasteiger partial charge in [0.15, 0.2) is 0 Å². The molecule has 1 saturated heterocycles. The number of nitrogens with zero attached hydrogens (tertiary/aromatic N) is 1. The van der Waals surface area contributed by atoms with Crippen molar-refractivity contribution in [1.29, 1.82) is 0 Å². The quantitative estimate of drug-likeness (QED) is 0.775. The molecule has 1 fully saturated rings. The number of carboxylic acid groups (broad SMARTS) is 1. The van der Waals surface area contributed by atoms with Gasteiger partial charge >= 0.3 is 5.97 Å². The Hall–Kier alpha value is -1.50. The number of alkyl halides is 1. The van der Waals surface area contributed by atoms with Gasteiger partial charge in [-0.15, -0.1) is 0 Å². The summed E-state index contributed by atoms with van der Waals surface area (Å²) in [6.07, 6.45) is -2.77. The van der Waals surface area contributed by atoms with Gasteiger partial charge in [0, 0.05) is 13.1 Å². The Labute approximate surface area is 110 Å². The topological polar surface area (TPSA) is 70.0 Å². The van der Waals surface area contributed by atoms with Crippen LogP contribution >= 0.6 is 0 Å². The number of likely N-dealkylation sites (tertiary alicyclic amines) is 1. The Morgan fingerprint density at radius 3 is 2.68 bits per heavy atom. The number of carboxylic acids is 1. The molecule has 2 rings (SSSR count). The Bertz CT molecular complexity index is 428. The lowest BCUT2D eigenvalue weighted by atomic mass is 10.1. The lowest BCUT2D eigenvalue weighted by Crippen LogP contribution is -2.36. The van der Waals surface area contributed by atoms with Gasteiger partial charge in [-0.2, -0.15) is 0 Å². The third kappa shape index (κ3) is 3.50. The van der Waals surface area contributed by atoms with E-state index in [4.69, 9.17) is 9.84 Å². The maximum atomic E-state index is 13.4. The van der Waals surface area contributed by atoms with Crippen LogP contribution in [0.4, 0.5) is 4.39 Å². The zero-order valence-electron chi connectivity index (χ0n) is 10.3. The molecule has 1 aliphatic heterocycles. The summed E-state index contributed by atoms with van der Waals surface area (Å²) in [6.45, 7) is 0.00652. The van der Waals surface area contributed by atoms with Crippen LogP contribution in [0.5, 0.6) is 0 Å². The minimum Gasteiger partial charge on any atom is -0.481 e. The highest BCUT2D eigenvalue weighted by molar-refractivity contribution is 5.71. The molecule has 1 aromatic carbocycles. The van der Waals surface area contributed by atoms with Crippen LogP contribution in [0.1, 0.15) is 5.56 Å². The summed E-state index contributed by atoms with van der Waals surface area (Å²) in [5, 5.41) is 18.6. The second kappa shape index (κ2) is 6.10. The second-order valence-electron chi connectivity index (χ2n) is 4.54. The molecule has 1 aromatic rings. The minimum absolute atomic E-state index is 0.0492. The Balaban J connectivity index is 1.84. The van der Waals surface area contributed by atoms with Crippen LogP contribution in [-0.2, 0) is 16.1 Å². The van der Waals surface area contributed by atoms with Gasteiger partial charge in [-0.05, 0) is 5.56 Å². The van der Waals surface area contributed by atoms with Gasteiger partial charge in [0.05, 0.1) is 6.61 Å². The molecule has 1 heterocycles. The van der Waals surface area contributed by atoms with Crippen molar-refractivity contribution >= 4 is 5.97 Å². The number of aliphatic hydroxyl groups excluding tert-OH is 1. The first-order valence-corrected chi connectivity index (χ1v) is 6.02. The first kappa shape index (κ1) is 13.9.